The number of nitro groups is 1. The zero-order chi connectivity index (χ0) is 17.4. The van der Waals surface area contributed by atoms with Crippen molar-refractivity contribution >= 4 is 21.6 Å². The van der Waals surface area contributed by atoms with Crippen molar-refractivity contribution in [3.05, 3.63) is 32.8 Å². The third-order valence-electron chi connectivity index (χ3n) is 3.78. The summed E-state index contributed by atoms with van der Waals surface area (Å²) in [5.74, 6) is 0.648. The van der Waals surface area contributed by atoms with Crippen LogP contribution in [0.1, 0.15) is 25.7 Å². The normalized spacial score (nSPS) is 19.2. The Hall–Kier alpha value is -1.22. The summed E-state index contributed by atoms with van der Waals surface area (Å²) in [7, 11) is 0. The maximum Gasteiger partial charge on any atom is 0.283 e. The van der Waals surface area contributed by atoms with Gasteiger partial charge in [0.15, 0.2) is 0 Å². The quantitative estimate of drug-likeness (QED) is 0.615. The highest BCUT2D eigenvalue weighted by molar-refractivity contribution is 9.10. The van der Waals surface area contributed by atoms with Crippen molar-refractivity contribution in [3.8, 4) is 5.75 Å². The fraction of sp³-hybridized carbons (Fsp3) is 0.625. The number of benzene rings is 1. The van der Waals surface area contributed by atoms with Crippen LogP contribution in [0.25, 0.3) is 0 Å². The average Bonchev–Trinajstić information content (AvgIpc) is 2.57. The molecule has 8 heteroatoms. The van der Waals surface area contributed by atoms with Crippen LogP contribution in [0.3, 0.4) is 0 Å². The highest BCUT2D eigenvalue weighted by Gasteiger charge is 2.17. The van der Waals surface area contributed by atoms with E-state index in [4.69, 9.17) is 19.3 Å². The second-order valence-corrected chi connectivity index (χ2v) is 6.50. The molecule has 7 nitrogen and oxygen atoms in total. The van der Waals surface area contributed by atoms with E-state index < -0.39 is 4.92 Å². The Kier molecular flexibility index (Phi) is 7.90. The third-order valence-corrected chi connectivity index (χ3v) is 4.41. The minimum Gasteiger partial charge on any atom is -0.490 e. The van der Waals surface area contributed by atoms with E-state index in [-0.39, 0.29) is 17.9 Å². The van der Waals surface area contributed by atoms with E-state index in [1.165, 1.54) is 6.07 Å². The van der Waals surface area contributed by atoms with Crippen LogP contribution in [-0.2, 0) is 9.47 Å². The Labute approximate surface area is 149 Å². The Morgan fingerprint density at radius 1 is 1.12 bits per heavy atom. The maximum atomic E-state index is 10.6. The van der Waals surface area contributed by atoms with E-state index in [0.717, 1.165) is 38.9 Å². The van der Waals surface area contributed by atoms with Gasteiger partial charge in [-0.05, 0) is 34.8 Å². The average molecular weight is 404 g/mol. The van der Waals surface area contributed by atoms with Crippen LogP contribution in [0.2, 0.25) is 0 Å². The first-order valence-corrected chi connectivity index (χ1v) is 8.79. The van der Waals surface area contributed by atoms with Gasteiger partial charge in [-0.25, -0.2) is 0 Å². The summed E-state index contributed by atoms with van der Waals surface area (Å²) in [5.41, 5.74) is 0.0457. The molecule has 2 fully saturated rings. The van der Waals surface area contributed by atoms with Crippen LogP contribution >= 0.6 is 15.9 Å². The standard InChI is InChI=1S/C11H12BrNO4.C5H10O2/c12-10-7-9(1-2-11(10)13(14)15)17-8-3-5-16-6-4-8;6-5-1-3-7-4-2-5/h1-2,7-8H,3-6H2;5-6H,1-4H2. The first-order chi connectivity index (χ1) is 11.6. The molecular weight excluding hydrogens is 382 g/mol. The Bertz CT molecular complexity index is 529. The molecule has 0 aliphatic carbocycles. The fourth-order valence-corrected chi connectivity index (χ4v) is 2.88. The van der Waals surface area contributed by atoms with Gasteiger partial charge in [0.25, 0.3) is 5.69 Å². The van der Waals surface area contributed by atoms with Crippen molar-refractivity contribution in [2.75, 3.05) is 26.4 Å². The molecule has 0 radical (unpaired) electrons. The summed E-state index contributed by atoms with van der Waals surface area (Å²) in [6.45, 7) is 2.89. The minimum atomic E-state index is -0.428. The third kappa shape index (κ3) is 6.35. The van der Waals surface area contributed by atoms with Crippen LogP contribution in [0.15, 0.2) is 22.7 Å². The predicted octanol–water partition coefficient (Wildman–Crippen LogP) is 3.07. The van der Waals surface area contributed by atoms with Gasteiger partial charge in [-0.3, -0.25) is 10.1 Å². The van der Waals surface area contributed by atoms with Crippen molar-refractivity contribution in [1.29, 1.82) is 0 Å². The largest absolute Gasteiger partial charge is 0.490 e. The molecule has 3 rings (SSSR count). The molecule has 0 aromatic heterocycles. The minimum absolute atomic E-state index is 0.0457. The summed E-state index contributed by atoms with van der Waals surface area (Å²) >= 11 is 3.17. The van der Waals surface area contributed by atoms with Crippen molar-refractivity contribution in [3.63, 3.8) is 0 Å². The number of halogens is 1. The van der Waals surface area contributed by atoms with Crippen LogP contribution in [-0.4, -0.2) is 48.7 Å². The second-order valence-electron chi connectivity index (χ2n) is 5.64. The first kappa shape index (κ1) is 19.1. The van der Waals surface area contributed by atoms with E-state index in [1.54, 1.807) is 12.1 Å². The molecular formula is C16H22BrNO6. The van der Waals surface area contributed by atoms with Gasteiger partial charge in [0, 0.05) is 38.2 Å². The Morgan fingerprint density at radius 3 is 2.17 bits per heavy atom. The monoisotopic (exact) mass is 403 g/mol. The number of ether oxygens (including phenoxy) is 3. The van der Waals surface area contributed by atoms with Gasteiger partial charge in [-0.15, -0.1) is 0 Å². The summed E-state index contributed by atoms with van der Waals surface area (Å²) in [4.78, 5) is 10.2. The highest BCUT2D eigenvalue weighted by Crippen LogP contribution is 2.30. The van der Waals surface area contributed by atoms with Crippen LogP contribution < -0.4 is 4.74 Å². The number of hydrogen-bond donors (Lipinski definition) is 1. The lowest BCUT2D eigenvalue weighted by Gasteiger charge is -2.23. The van der Waals surface area contributed by atoms with E-state index in [2.05, 4.69) is 15.9 Å². The lowest BCUT2D eigenvalue weighted by atomic mass is 10.1. The lowest BCUT2D eigenvalue weighted by molar-refractivity contribution is -0.385. The molecule has 2 heterocycles. The zero-order valence-electron chi connectivity index (χ0n) is 13.4. The number of aliphatic hydroxyl groups excluding tert-OH is 1. The van der Waals surface area contributed by atoms with Crippen LogP contribution in [0.5, 0.6) is 5.75 Å². The van der Waals surface area contributed by atoms with Gasteiger partial charge in [0.05, 0.1) is 28.7 Å². The molecule has 1 aromatic carbocycles. The first-order valence-electron chi connectivity index (χ1n) is 8.00. The van der Waals surface area contributed by atoms with Gasteiger partial charge < -0.3 is 19.3 Å². The number of aliphatic hydroxyl groups is 1. The summed E-state index contributed by atoms with van der Waals surface area (Å²) in [6.07, 6.45) is 3.40. The van der Waals surface area contributed by atoms with Gasteiger partial charge in [-0.2, -0.15) is 0 Å². The molecule has 0 saturated carbocycles. The Morgan fingerprint density at radius 2 is 1.71 bits per heavy atom. The molecule has 0 atom stereocenters. The number of nitrogens with zero attached hydrogens (tertiary/aromatic N) is 1. The molecule has 134 valence electrons. The van der Waals surface area contributed by atoms with E-state index in [1.807, 2.05) is 0 Å². The molecule has 2 saturated heterocycles. The number of hydrogen-bond acceptors (Lipinski definition) is 6. The number of nitro benzene ring substituents is 1. The smallest absolute Gasteiger partial charge is 0.283 e. The van der Waals surface area contributed by atoms with E-state index in [9.17, 15) is 10.1 Å². The fourth-order valence-electron chi connectivity index (χ4n) is 2.38. The molecule has 1 aromatic rings. The van der Waals surface area contributed by atoms with E-state index >= 15 is 0 Å². The molecule has 24 heavy (non-hydrogen) atoms. The molecule has 1 N–H and O–H groups in total. The summed E-state index contributed by atoms with van der Waals surface area (Å²) in [5, 5.41) is 19.5. The SMILES string of the molecule is O=[N+]([O-])c1ccc(OC2CCOCC2)cc1Br.OC1CCOCC1. The molecule has 2 aliphatic heterocycles. The Balaban J connectivity index is 0.000000249. The topological polar surface area (TPSA) is 91.1 Å². The maximum absolute atomic E-state index is 10.6. The predicted molar refractivity (Wildman–Crippen MR) is 91.3 cm³/mol. The molecule has 0 amide bonds. The molecule has 0 bridgehead atoms. The van der Waals surface area contributed by atoms with Crippen molar-refractivity contribution < 1.29 is 24.2 Å². The molecule has 0 unspecified atom stereocenters. The van der Waals surface area contributed by atoms with Crippen LogP contribution in [0.4, 0.5) is 5.69 Å². The number of rotatable bonds is 3. The highest BCUT2D eigenvalue weighted by atomic mass is 79.9. The lowest BCUT2D eigenvalue weighted by Crippen LogP contribution is -2.25. The van der Waals surface area contributed by atoms with Crippen LogP contribution in [0, 0.1) is 10.1 Å². The van der Waals surface area contributed by atoms with Gasteiger partial charge in [-0.1, -0.05) is 0 Å². The second kappa shape index (κ2) is 9.93. The zero-order valence-corrected chi connectivity index (χ0v) is 14.9. The van der Waals surface area contributed by atoms with Gasteiger partial charge in [0.1, 0.15) is 11.9 Å². The van der Waals surface area contributed by atoms with Crippen molar-refractivity contribution in [2.24, 2.45) is 0 Å². The summed E-state index contributed by atoms with van der Waals surface area (Å²) in [6, 6.07) is 4.70. The van der Waals surface area contributed by atoms with E-state index in [0.29, 0.717) is 23.4 Å². The summed E-state index contributed by atoms with van der Waals surface area (Å²) < 4.78 is 16.4. The molecule has 2 aliphatic rings. The van der Waals surface area contributed by atoms with Gasteiger partial charge >= 0.3 is 0 Å². The van der Waals surface area contributed by atoms with Crippen molar-refractivity contribution in [1.82, 2.24) is 0 Å². The van der Waals surface area contributed by atoms with Crippen molar-refractivity contribution in [2.45, 2.75) is 37.9 Å². The van der Waals surface area contributed by atoms with Gasteiger partial charge in [0.2, 0.25) is 0 Å². The molecule has 0 spiro atoms.